The first-order valence-corrected chi connectivity index (χ1v) is 8.61. The van der Waals surface area contributed by atoms with E-state index in [1.807, 2.05) is 53.8 Å². The average molecular weight is 344 g/mol. The lowest BCUT2D eigenvalue weighted by molar-refractivity contribution is 0.501. The van der Waals surface area contributed by atoms with Crippen LogP contribution in [-0.4, -0.2) is 29.5 Å². The second-order valence-corrected chi connectivity index (χ2v) is 6.26. The molecule has 3 heterocycles. The molecule has 0 N–H and O–H groups in total. The van der Waals surface area contributed by atoms with E-state index in [4.69, 9.17) is 5.10 Å². The van der Waals surface area contributed by atoms with Crippen LogP contribution in [0.25, 0.3) is 22.5 Å². The number of hydrogen-bond acceptors (Lipinski definition) is 4. The van der Waals surface area contributed by atoms with Crippen LogP contribution in [0.5, 0.6) is 0 Å². The molecule has 0 aliphatic carbocycles. The lowest BCUT2D eigenvalue weighted by Gasteiger charge is -2.07. The maximum atomic E-state index is 4.69. The Morgan fingerprint density at radius 3 is 2.62 bits per heavy atom. The highest BCUT2D eigenvalue weighted by atomic mass is 15.3. The summed E-state index contributed by atoms with van der Waals surface area (Å²) in [6.07, 6.45) is 7.54. The molecule has 0 saturated carbocycles. The average Bonchev–Trinajstić information content (AvgIpc) is 3.34. The van der Waals surface area contributed by atoms with Crippen LogP contribution < -0.4 is 0 Å². The largest absolute Gasteiger partial charge is 0.271 e. The van der Waals surface area contributed by atoms with Crippen LogP contribution in [0.3, 0.4) is 0 Å². The standard InChI is InChI=1S/C20H20N6/c1-15-14-21-16(2)20(23-15)18-6-3-5-17(13-18)19-7-10-26(24-19)12-11-25-9-4-8-22-25/h3-10,13-14H,11-12H2,1-2H3. The van der Waals surface area contributed by atoms with E-state index in [1.165, 1.54) is 0 Å². The summed E-state index contributed by atoms with van der Waals surface area (Å²) in [7, 11) is 0. The molecule has 1 aromatic carbocycles. The Morgan fingerprint density at radius 1 is 0.923 bits per heavy atom. The van der Waals surface area contributed by atoms with Crippen LogP contribution in [0, 0.1) is 13.8 Å². The zero-order valence-corrected chi connectivity index (χ0v) is 14.9. The van der Waals surface area contributed by atoms with Crippen molar-refractivity contribution in [2.75, 3.05) is 0 Å². The third-order valence-electron chi connectivity index (χ3n) is 4.27. The number of hydrogen-bond donors (Lipinski definition) is 0. The van der Waals surface area contributed by atoms with Crippen LogP contribution in [0.4, 0.5) is 0 Å². The maximum absolute atomic E-state index is 4.69. The first-order chi connectivity index (χ1) is 12.7. The van der Waals surface area contributed by atoms with E-state index < -0.39 is 0 Å². The minimum Gasteiger partial charge on any atom is -0.271 e. The van der Waals surface area contributed by atoms with Crippen LogP contribution in [0.15, 0.2) is 61.2 Å². The van der Waals surface area contributed by atoms with Crippen molar-refractivity contribution in [1.82, 2.24) is 29.5 Å². The van der Waals surface area contributed by atoms with Crippen molar-refractivity contribution in [3.8, 4) is 22.5 Å². The quantitative estimate of drug-likeness (QED) is 0.556. The Balaban J connectivity index is 1.58. The van der Waals surface area contributed by atoms with Gasteiger partial charge in [0.15, 0.2) is 0 Å². The molecule has 0 aliphatic heterocycles. The molecular formula is C20H20N6. The second kappa shape index (κ2) is 6.92. The van der Waals surface area contributed by atoms with Gasteiger partial charge >= 0.3 is 0 Å². The van der Waals surface area contributed by atoms with Crippen molar-refractivity contribution in [3.05, 3.63) is 72.6 Å². The molecule has 0 saturated heterocycles. The van der Waals surface area contributed by atoms with Gasteiger partial charge in [0, 0.05) is 35.9 Å². The first kappa shape index (κ1) is 16.2. The summed E-state index contributed by atoms with van der Waals surface area (Å²) >= 11 is 0. The molecule has 0 aliphatic rings. The molecule has 0 radical (unpaired) electrons. The van der Waals surface area contributed by atoms with Crippen molar-refractivity contribution in [3.63, 3.8) is 0 Å². The van der Waals surface area contributed by atoms with Gasteiger partial charge in [-0.1, -0.05) is 18.2 Å². The van der Waals surface area contributed by atoms with Crippen LogP contribution in [0.2, 0.25) is 0 Å². The van der Waals surface area contributed by atoms with Crippen LogP contribution in [0.1, 0.15) is 11.4 Å². The molecule has 0 spiro atoms. The topological polar surface area (TPSA) is 61.4 Å². The Labute approximate surface area is 152 Å². The van der Waals surface area contributed by atoms with E-state index in [0.717, 1.165) is 47.0 Å². The zero-order chi connectivity index (χ0) is 17.9. The molecule has 26 heavy (non-hydrogen) atoms. The summed E-state index contributed by atoms with van der Waals surface area (Å²) in [5.74, 6) is 0. The molecule has 3 aromatic heterocycles. The van der Waals surface area contributed by atoms with E-state index in [2.05, 4.69) is 33.3 Å². The van der Waals surface area contributed by atoms with Gasteiger partial charge < -0.3 is 0 Å². The maximum Gasteiger partial charge on any atom is 0.0923 e. The zero-order valence-electron chi connectivity index (χ0n) is 14.9. The predicted octanol–water partition coefficient (Wildman–Crippen LogP) is 3.52. The minimum absolute atomic E-state index is 0.782. The van der Waals surface area contributed by atoms with E-state index in [0.29, 0.717) is 0 Å². The fourth-order valence-corrected chi connectivity index (χ4v) is 2.91. The molecule has 0 amide bonds. The summed E-state index contributed by atoms with van der Waals surface area (Å²) in [6, 6.07) is 12.3. The minimum atomic E-state index is 0.782. The van der Waals surface area contributed by atoms with Gasteiger partial charge in [0.05, 0.1) is 35.9 Å². The Hall–Kier alpha value is -3.28. The van der Waals surface area contributed by atoms with E-state index in [1.54, 1.807) is 12.4 Å². The summed E-state index contributed by atoms with van der Waals surface area (Å²) < 4.78 is 3.85. The number of benzene rings is 1. The highest BCUT2D eigenvalue weighted by Crippen LogP contribution is 2.25. The van der Waals surface area contributed by atoms with E-state index >= 15 is 0 Å². The van der Waals surface area contributed by atoms with E-state index in [9.17, 15) is 0 Å². The third-order valence-corrected chi connectivity index (χ3v) is 4.27. The number of rotatable bonds is 5. The predicted molar refractivity (Wildman–Crippen MR) is 100 cm³/mol. The van der Waals surface area contributed by atoms with Crippen LogP contribution >= 0.6 is 0 Å². The molecule has 0 atom stereocenters. The third kappa shape index (κ3) is 3.39. The Bertz CT molecular complexity index is 1020. The Kier molecular flexibility index (Phi) is 4.31. The molecule has 4 aromatic rings. The summed E-state index contributed by atoms with van der Waals surface area (Å²) in [5, 5.41) is 8.91. The number of aryl methyl sites for hydroxylation is 4. The summed E-state index contributed by atoms with van der Waals surface area (Å²) in [5.41, 5.74) is 5.84. The second-order valence-electron chi connectivity index (χ2n) is 6.26. The lowest BCUT2D eigenvalue weighted by atomic mass is 10.0. The molecule has 0 fully saturated rings. The van der Waals surface area contributed by atoms with Gasteiger partial charge in [0.2, 0.25) is 0 Å². The van der Waals surface area contributed by atoms with Gasteiger partial charge in [0.1, 0.15) is 0 Å². The van der Waals surface area contributed by atoms with Crippen molar-refractivity contribution >= 4 is 0 Å². The van der Waals surface area contributed by atoms with Gasteiger partial charge in [-0.25, -0.2) is 4.98 Å². The molecule has 6 nitrogen and oxygen atoms in total. The molecule has 130 valence electrons. The molecule has 0 unspecified atom stereocenters. The number of aromatic nitrogens is 6. The van der Waals surface area contributed by atoms with Gasteiger partial charge in [0.25, 0.3) is 0 Å². The number of nitrogens with zero attached hydrogens (tertiary/aromatic N) is 6. The molecule has 6 heteroatoms. The van der Waals surface area contributed by atoms with Gasteiger partial charge in [-0.05, 0) is 32.0 Å². The van der Waals surface area contributed by atoms with Gasteiger partial charge in [-0.15, -0.1) is 0 Å². The smallest absolute Gasteiger partial charge is 0.0923 e. The summed E-state index contributed by atoms with van der Waals surface area (Å²) in [4.78, 5) is 9.06. The lowest BCUT2D eigenvalue weighted by Crippen LogP contribution is -2.08. The van der Waals surface area contributed by atoms with E-state index in [-0.39, 0.29) is 0 Å². The highest BCUT2D eigenvalue weighted by Gasteiger charge is 2.09. The van der Waals surface area contributed by atoms with Crippen molar-refractivity contribution < 1.29 is 0 Å². The van der Waals surface area contributed by atoms with Crippen molar-refractivity contribution in [2.24, 2.45) is 0 Å². The molecule has 0 bridgehead atoms. The molecular weight excluding hydrogens is 324 g/mol. The summed E-state index contributed by atoms with van der Waals surface area (Å²) in [6.45, 7) is 5.52. The normalized spacial score (nSPS) is 11.0. The fourth-order valence-electron chi connectivity index (χ4n) is 2.91. The Morgan fingerprint density at radius 2 is 1.77 bits per heavy atom. The molecule has 4 rings (SSSR count). The fraction of sp³-hybridized carbons (Fsp3) is 0.200. The highest BCUT2D eigenvalue weighted by molar-refractivity contribution is 5.70. The van der Waals surface area contributed by atoms with Crippen LogP contribution in [-0.2, 0) is 13.1 Å². The van der Waals surface area contributed by atoms with Crippen molar-refractivity contribution in [2.45, 2.75) is 26.9 Å². The monoisotopic (exact) mass is 344 g/mol. The van der Waals surface area contributed by atoms with Gasteiger partial charge in [-0.3, -0.25) is 14.3 Å². The SMILES string of the molecule is Cc1cnc(C)c(-c2cccc(-c3ccn(CCn4cccn4)n3)c2)n1. The van der Waals surface area contributed by atoms with Crippen molar-refractivity contribution in [1.29, 1.82) is 0 Å². The van der Waals surface area contributed by atoms with Gasteiger partial charge in [-0.2, -0.15) is 10.2 Å². The first-order valence-electron chi connectivity index (χ1n) is 8.61.